The van der Waals surface area contributed by atoms with Crippen molar-refractivity contribution in [2.75, 3.05) is 19.7 Å². The first-order chi connectivity index (χ1) is 15.2. The summed E-state index contributed by atoms with van der Waals surface area (Å²) in [6, 6.07) is 8.06. The van der Waals surface area contributed by atoms with Gasteiger partial charge in [0.15, 0.2) is 6.61 Å². The number of rotatable bonds is 6. The van der Waals surface area contributed by atoms with Crippen molar-refractivity contribution in [2.45, 2.75) is 57.4 Å². The minimum Gasteiger partial charge on any atom is -0.452 e. The van der Waals surface area contributed by atoms with Crippen molar-refractivity contribution in [3.63, 3.8) is 0 Å². The second-order valence-electron chi connectivity index (χ2n) is 8.28. The van der Waals surface area contributed by atoms with Gasteiger partial charge in [-0.15, -0.1) is 0 Å². The first-order valence-corrected chi connectivity index (χ1v) is 12.4. The van der Waals surface area contributed by atoms with Crippen LogP contribution in [0, 0.1) is 13.8 Å². The molecule has 0 unspecified atom stereocenters. The molecule has 0 bridgehead atoms. The Kier molecular flexibility index (Phi) is 7.73. The van der Waals surface area contributed by atoms with Gasteiger partial charge in [-0.3, -0.25) is 4.79 Å². The molecule has 0 aliphatic carbocycles. The van der Waals surface area contributed by atoms with Gasteiger partial charge >= 0.3 is 5.97 Å². The van der Waals surface area contributed by atoms with Crippen LogP contribution in [0.25, 0.3) is 0 Å². The molecule has 0 atom stereocenters. The Bertz CT molecular complexity index is 1070. The van der Waals surface area contributed by atoms with Crippen molar-refractivity contribution in [3.05, 3.63) is 52.8 Å². The zero-order chi connectivity index (χ0) is 23.3. The Labute approximate surface area is 189 Å². The summed E-state index contributed by atoms with van der Waals surface area (Å²) >= 11 is 0. The third-order valence-corrected chi connectivity index (χ3v) is 6.85. The average Bonchev–Trinajstić information content (AvgIpc) is 2.99. The maximum Gasteiger partial charge on any atom is 0.340 e. The van der Waals surface area contributed by atoms with Crippen molar-refractivity contribution in [1.29, 1.82) is 0 Å². The van der Waals surface area contributed by atoms with E-state index < -0.39 is 16.0 Å². The lowest BCUT2D eigenvalue weighted by atomic mass is 10.1. The normalized spacial score (nSPS) is 15.2. The van der Waals surface area contributed by atoms with E-state index in [2.05, 4.69) is 0 Å². The number of sulfonamides is 1. The molecule has 2 heterocycles. The van der Waals surface area contributed by atoms with E-state index >= 15 is 0 Å². The summed E-state index contributed by atoms with van der Waals surface area (Å²) in [4.78, 5) is 27.0. The molecule has 1 aromatic carbocycles. The molecule has 9 heteroatoms. The molecule has 0 saturated carbocycles. The van der Waals surface area contributed by atoms with Crippen LogP contribution in [0.2, 0.25) is 0 Å². The molecule has 1 fully saturated rings. The highest BCUT2D eigenvalue weighted by Gasteiger charge is 2.21. The Morgan fingerprint density at radius 1 is 1.00 bits per heavy atom. The van der Waals surface area contributed by atoms with E-state index in [1.165, 1.54) is 18.6 Å². The van der Waals surface area contributed by atoms with E-state index in [-0.39, 0.29) is 17.4 Å². The Morgan fingerprint density at radius 3 is 2.19 bits per heavy atom. The molecular formula is C23H31N3O5S. The topological polar surface area (TPSA) is 112 Å². The fourth-order valence-electron chi connectivity index (χ4n) is 4.01. The first kappa shape index (κ1) is 24.0. The number of likely N-dealkylation sites (tertiary alicyclic amines) is 1. The van der Waals surface area contributed by atoms with Crippen LogP contribution in [0.5, 0.6) is 0 Å². The van der Waals surface area contributed by atoms with Crippen LogP contribution in [0.3, 0.4) is 0 Å². The summed E-state index contributed by atoms with van der Waals surface area (Å²) < 4.78 is 30.1. The zero-order valence-corrected chi connectivity index (χ0v) is 19.5. The Morgan fingerprint density at radius 2 is 1.59 bits per heavy atom. The van der Waals surface area contributed by atoms with Crippen LogP contribution < -0.4 is 5.14 Å². The molecule has 174 valence electrons. The molecule has 2 aromatic rings. The predicted molar refractivity (Wildman–Crippen MR) is 121 cm³/mol. The summed E-state index contributed by atoms with van der Waals surface area (Å²) in [6.45, 7) is 5.35. The monoisotopic (exact) mass is 461 g/mol. The SMILES string of the molecule is Cc1cc(C(=O)OCC(=O)N2CCCCCCC2)c(C)n1Cc1ccc(S(N)(=O)=O)cc1. The van der Waals surface area contributed by atoms with E-state index in [0.29, 0.717) is 12.1 Å². The average molecular weight is 462 g/mol. The van der Waals surface area contributed by atoms with Crippen molar-refractivity contribution in [2.24, 2.45) is 5.14 Å². The van der Waals surface area contributed by atoms with Gasteiger partial charge in [0.2, 0.25) is 10.0 Å². The lowest BCUT2D eigenvalue weighted by Gasteiger charge is -2.24. The standard InChI is InChI=1S/C23H31N3O5S/c1-17-14-21(23(28)31-16-22(27)25-12-6-4-3-5-7-13-25)18(2)26(17)15-19-8-10-20(11-9-19)32(24,29)30/h8-11,14H,3-7,12-13,15-16H2,1-2H3,(H2,24,29,30). The lowest BCUT2D eigenvalue weighted by Crippen LogP contribution is -2.37. The minimum absolute atomic E-state index is 0.0520. The van der Waals surface area contributed by atoms with Crippen LogP contribution >= 0.6 is 0 Å². The number of esters is 1. The first-order valence-electron chi connectivity index (χ1n) is 10.9. The maximum atomic E-state index is 12.7. The van der Waals surface area contributed by atoms with Gasteiger partial charge in [0, 0.05) is 31.0 Å². The highest BCUT2D eigenvalue weighted by atomic mass is 32.2. The van der Waals surface area contributed by atoms with Gasteiger partial charge in [-0.25, -0.2) is 18.4 Å². The van der Waals surface area contributed by atoms with Gasteiger partial charge < -0.3 is 14.2 Å². The van der Waals surface area contributed by atoms with Gasteiger partial charge in [-0.2, -0.15) is 0 Å². The Hall–Kier alpha value is -2.65. The summed E-state index contributed by atoms with van der Waals surface area (Å²) in [6.07, 6.45) is 5.43. The molecule has 0 radical (unpaired) electrons. The second-order valence-corrected chi connectivity index (χ2v) is 9.85. The molecule has 32 heavy (non-hydrogen) atoms. The zero-order valence-electron chi connectivity index (χ0n) is 18.7. The van der Waals surface area contributed by atoms with Crippen LogP contribution in [-0.4, -0.2) is 49.5 Å². The molecule has 3 rings (SSSR count). The fraction of sp³-hybridized carbons (Fsp3) is 0.478. The summed E-state index contributed by atoms with van der Waals surface area (Å²) in [5.41, 5.74) is 2.87. The Balaban J connectivity index is 1.64. The molecule has 0 spiro atoms. The number of nitrogens with two attached hydrogens (primary N) is 1. The molecule has 1 saturated heterocycles. The van der Waals surface area contributed by atoms with Gasteiger partial charge in [-0.05, 0) is 50.5 Å². The quantitative estimate of drug-likeness (QED) is 0.665. The van der Waals surface area contributed by atoms with E-state index in [4.69, 9.17) is 9.88 Å². The predicted octanol–water partition coefficient (Wildman–Crippen LogP) is 2.75. The maximum absolute atomic E-state index is 12.7. The fourth-order valence-corrected chi connectivity index (χ4v) is 4.53. The molecule has 1 amide bonds. The number of aromatic nitrogens is 1. The number of hydrogen-bond acceptors (Lipinski definition) is 5. The van der Waals surface area contributed by atoms with Crippen molar-refractivity contribution in [3.8, 4) is 0 Å². The molecule has 2 N–H and O–H groups in total. The molecule has 1 aliphatic rings. The smallest absolute Gasteiger partial charge is 0.340 e. The molecule has 1 aliphatic heterocycles. The largest absolute Gasteiger partial charge is 0.452 e. The number of benzene rings is 1. The molecule has 1 aromatic heterocycles. The molecule has 8 nitrogen and oxygen atoms in total. The van der Waals surface area contributed by atoms with Gasteiger partial charge in [0.05, 0.1) is 10.5 Å². The van der Waals surface area contributed by atoms with Gasteiger partial charge in [0.25, 0.3) is 5.91 Å². The van der Waals surface area contributed by atoms with Crippen LogP contribution in [0.1, 0.15) is 59.4 Å². The summed E-state index contributed by atoms with van der Waals surface area (Å²) in [5, 5.41) is 5.14. The number of nitrogens with zero attached hydrogens (tertiary/aromatic N) is 2. The van der Waals surface area contributed by atoms with Crippen LogP contribution in [-0.2, 0) is 26.1 Å². The number of carbonyl (C=O) groups excluding carboxylic acids is 2. The number of primary sulfonamides is 1. The lowest BCUT2D eigenvalue weighted by molar-refractivity contribution is -0.134. The summed E-state index contributed by atoms with van der Waals surface area (Å²) in [7, 11) is -3.74. The highest BCUT2D eigenvalue weighted by molar-refractivity contribution is 7.89. The minimum atomic E-state index is -3.74. The van der Waals surface area contributed by atoms with Crippen molar-refractivity contribution < 1.29 is 22.7 Å². The third-order valence-electron chi connectivity index (χ3n) is 5.92. The molecular weight excluding hydrogens is 430 g/mol. The van der Waals surface area contributed by atoms with E-state index in [1.807, 2.05) is 18.4 Å². The van der Waals surface area contributed by atoms with E-state index in [1.54, 1.807) is 23.1 Å². The van der Waals surface area contributed by atoms with Crippen LogP contribution in [0.4, 0.5) is 0 Å². The third kappa shape index (κ3) is 5.98. The van der Waals surface area contributed by atoms with Crippen LogP contribution in [0.15, 0.2) is 35.2 Å². The van der Waals surface area contributed by atoms with Crippen molar-refractivity contribution in [1.82, 2.24) is 9.47 Å². The van der Waals surface area contributed by atoms with Gasteiger partial charge in [0.1, 0.15) is 0 Å². The van der Waals surface area contributed by atoms with Crippen molar-refractivity contribution >= 4 is 21.9 Å². The van der Waals surface area contributed by atoms with E-state index in [9.17, 15) is 18.0 Å². The number of carbonyl (C=O) groups is 2. The number of ether oxygens (including phenoxy) is 1. The number of hydrogen-bond donors (Lipinski definition) is 1. The number of amides is 1. The van der Waals surface area contributed by atoms with E-state index in [0.717, 1.165) is 55.7 Å². The number of aryl methyl sites for hydroxylation is 1. The highest BCUT2D eigenvalue weighted by Crippen LogP contribution is 2.19. The summed E-state index contributed by atoms with van der Waals surface area (Å²) in [5.74, 6) is -0.668. The second kappa shape index (κ2) is 10.3. The van der Waals surface area contributed by atoms with Gasteiger partial charge in [-0.1, -0.05) is 31.4 Å².